The number of carbonyl (C=O) groups excluding carboxylic acids is 1. The monoisotopic (exact) mass is 316 g/mol. The number of carbonyl (C=O) groups is 1. The molecule has 0 unspecified atom stereocenters. The van der Waals surface area contributed by atoms with E-state index in [1.54, 1.807) is 0 Å². The molecule has 0 N–H and O–H groups in total. The molecule has 0 bridgehead atoms. The van der Waals surface area contributed by atoms with Gasteiger partial charge in [-0.05, 0) is 35.7 Å². The maximum absolute atomic E-state index is 12.7. The molecule has 0 spiro atoms. The minimum Gasteiger partial charge on any atom is -0.294 e. The van der Waals surface area contributed by atoms with E-state index in [0.717, 1.165) is 33.7 Å². The van der Waals surface area contributed by atoms with Crippen LogP contribution in [0.4, 0.5) is 0 Å². The van der Waals surface area contributed by atoms with E-state index >= 15 is 0 Å². The van der Waals surface area contributed by atoms with E-state index in [2.05, 4.69) is 28.1 Å². The summed E-state index contributed by atoms with van der Waals surface area (Å²) in [7, 11) is 0. The highest BCUT2D eigenvalue weighted by Crippen LogP contribution is 2.32. The number of hydrogen-bond acceptors (Lipinski definition) is 1. The highest BCUT2D eigenvalue weighted by Gasteiger charge is 2.23. The van der Waals surface area contributed by atoms with Crippen LogP contribution in [0.3, 0.4) is 0 Å². The van der Waals surface area contributed by atoms with Gasteiger partial charge in [0.1, 0.15) is 0 Å². The second kappa shape index (κ2) is 5.46. The van der Waals surface area contributed by atoms with Gasteiger partial charge in [-0.25, -0.2) is 0 Å². The minimum absolute atomic E-state index is 0.235. The van der Waals surface area contributed by atoms with Crippen LogP contribution in [-0.4, -0.2) is 5.78 Å². The fourth-order valence-corrected chi connectivity index (χ4v) is 3.54. The highest BCUT2D eigenvalue weighted by atomic mass is 79.9. The van der Waals surface area contributed by atoms with Gasteiger partial charge in [0.25, 0.3) is 0 Å². The normalized spacial score (nSPS) is 16.7. The Balaban J connectivity index is 2.05. The first-order chi connectivity index (χ1) is 9.27. The summed E-state index contributed by atoms with van der Waals surface area (Å²) < 4.78 is 1.06. The first-order valence-electron chi connectivity index (χ1n) is 6.99. The Morgan fingerprint density at radius 1 is 0.947 bits per heavy atom. The zero-order chi connectivity index (χ0) is 13.2. The molecule has 1 aliphatic carbocycles. The van der Waals surface area contributed by atoms with E-state index in [4.69, 9.17) is 0 Å². The summed E-state index contributed by atoms with van der Waals surface area (Å²) in [6, 6.07) is 12.1. The standard InChI is InChI=1S/C17H17BrO/c18-16-11-10-15(13-8-4-5-9-14(13)16)17(19)12-6-2-1-3-7-12/h4-5,8-12H,1-3,6-7H2. The molecule has 2 heteroatoms. The molecule has 0 radical (unpaired) electrons. The van der Waals surface area contributed by atoms with Gasteiger partial charge in [-0.1, -0.05) is 59.5 Å². The van der Waals surface area contributed by atoms with Crippen LogP contribution in [0.5, 0.6) is 0 Å². The van der Waals surface area contributed by atoms with Crippen molar-refractivity contribution in [3.05, 3.63) is 46.4 Å². The SMILES string of the molecule is O=C(c1ccc(Br)c2ccccc12)C1CCCCC1. The van der Waals surface area contributed by atoms with Crippen LogP contribution in [0.1, 0.15) is 42.5 Å². The summed E-state index contributed by atoms with van der Waals surface area (Å²) in [5, 5.41) is 2.21. The lowest BCUT2D eigenvalue weighted by Crippen LogP contribution is -2.18. The Bertz CT molecular complexity index is 612. The Kier molecular flexibility index (Phi) is 3.69. The average molecular weight is 317 g/mol. The molecule has 1 fully saturated rings. The summed E-state index contributed by atoms with van der Waals surface area (Å²) in [6.45, 7) is 0. The summed E-state index contributed by atoms with van der Waals surface area (Å²) in [6.07, 6.45) is 5.80. The van der Waals surface area contributed by atoms with Gasteiger partial charge < -0.3 is 0 Å². The zero-order valence-electron chi connectivity index (χ0n) is 10.9. The van der Waals surface area contributed by atoms with Gasteiger partial charge in [0, 0.05) is 16.0 Å². The maximum atomic E-state index is 12.7. The molecule has 19 heavy (non-hydrogen) atoms. The van der Waals surface area contributed by atoms with Crippen molar-refractivity contribution in [2.24, 2.45) is 5.92 Å². The van der Waals surface area contributed by atoms with Gasteiger partial charge in [0.2, 0.25) is 0 Å². The molecule has 0 aliphatic heterocycles. The van der Waals surface area contributed by atoms with E-state index in [1.165, 1.54) is 19.3 Å². The number of rotatable bonds is 2. The Morgan fingerprint density at radius 3 is 2.37 bits per heavy atom. The third kappa shape index (κ3) is 2.46. The predicted molar refractivity (Wildman–Crippen MR) is 82.6 cm³/mol. The molecular formula is C17H17BrO. The van der Waals surface area contributed by atoms with Crippen LogP contribution in [0.2, 0.25) is 0 Å². The molecule has 2 aromatic carbocycles. The van der Waals surface area contributed by atoms with Crippen LogP contribution in [0.25, 0.3) is 10.8 Å². The molecule has 0 atom stereocenters. The second-order valence-corrected chi connectivity index (χ2v) is 6.19. The third-order valence-corrected chi connectivity index (χ3v) is 4.80. The van der Waals surface area contributed by atoms with Crippen molar-refractivity contribution in [3.8, 4) is 0 Å². The topological polar surface area (TPSA) is 17.1 Å². The second-order valence-electron chi connectivity index (χ2n) is 5.34. The molecule has 98 valence electrons. The Morgan fingerprint density at radius 2 is 1.63 bits per heavy atom. The molecular weight excluding hydrogens is 300 g/mol. The van der Waals surface area contributed by atoms with Gasteiger partial charge >= 0.3 is 0 Å². The lowest BCUT2D eigenvalue weighted by atomic mass is 9.83. The molecule has 0 heterocycles. The van der Waals surface area contributed by atoms with Crippen LogP contribution >= 0.6 is 15.9 Å². The van der Waals surface area contributed by atoms with Crippen molar-refractivity contribution in [1.29, 1.82) is 0 Å². The smallest absolute Gasteiger partial charge is 0.166 e. The van der Waals surface area contributed by atoms with Crippen LogP contribution < -0.4 is 0 Å². The van der Waals surface area contributed by atoms with Crippen molar-refractivity contribution < 1.29 is 4.79 Å². The Hall–Kier alpha value is -1.15. The fraction of sp³-hybridized carbons (Fsp3) is 0.353. The van der Waals surface area contributed by atoms with E-state index in [1.807, 2.05) is 24.3 Å². The number of halogens is 1. The van der Waals surface area contributed by atoms with Crippen molar-refractivity contribution in [2.45, 2.75) is 32.1 Å². The number of benzene rings is 2. The highest BCUT2D eigenvalue weighted by molar-refractivity contribution is 9.10. The lowest BCUT2D eigenvalue weighted by molar-refractivity contribution is 0.0891. The van der Waals surface area contributed by atoms with Crippen molar-refractivity contribution in [1.82, 2.24) is 0 Å². The molecule has 1 aliphatic rings. The van der Waals surface area contributed by atoms with Gasteiger partial charge in [-0.15, -0.1) is 0 Å². The van der Waals surface area contributed by atoms with Gasteiger partial charge in [0.05, 0.1) is 0 Å². The van der Waals surface area contributed by atoms with Crippen LogP contribution in [0.15, 0.2) is 40.9 Å². The zero-order valence-corrected chi connectivity index (χ0v) is 12.4. The largest absolute Gasteiger partial charge is 0.294 e. The number of fused-ring (bicyclic) bond motifs is 1. The minimum atomic E-state index is 0.235. The quantitative estimate of drug-likeness (QED) is 0.681. The molecule has 0 aromatic heterocycles. The predicted octanol–water partition coefficient (Wildman–Crippen LogP) is 5.37. The van der Waals surface area contributed by atoms with Gasteiger partial charge in [-0.2, -0.15) is 0 Å². The first-order valence-corrected chi connectivity index (χ1v) is 7.78. The van der Waals surface area contributed by atoms with E-state index < -0.39 is 0 Å². The molecule has 1 saturated carbocycles. The molecule has 0 amide bonds. The van der Waals surface area contributed by atoms with E-state index in [-0.39, 0.29) is 5.92 Å². The molecule has 2 aromatic rings. The van der Waals surface area contributed by atoms with Crippen LogP contribution in [0, 0.1) is 5.92 Å². The molecule has 3 rings (SSSR count). The summed E-state index contributed by atoms with van der Waals surface area (Å²) >= 11 is 3.56. The van der Waals surface area contributed by atoms with Gasteiger partial charge in [0.15, 0.2) is 5.78 Å². The first kappa shape index (κ1) is 12.9. The number of hydrogen-bond donors (Lipinski definition) is 0. The van der Waals surface area contributed by atoms with Crippen LogP contribution in [-0.2, 0) is 0 Å². The average Bonchev–Trinajstić information content (AvgIpc) is 2.48. The summed E-state index contributed by atoms with van der Waals surface area (Å²) in [4.78, 5) is 12.7. The number of ketones is 1. The molecule has 1 nitrogen and oxygen atoms in total. The van der Waals surface area contributed by atoms with E-state index in [9.17, 15) is 4.79 Å². The van der Waals surface area contributed by atoms with Crippen molar-refractivity contribution in [3.63, 3.8) is 0 Å². The lowest BCUT2D eigenvalue weighted by Gasteiger charge is -2.21. The van der Waals surface area contributed by atoms with Gasteiger partial charge in [-0.3, -0.25) is 4.79 Å². The fourth-order valence-electron chi connectivity index (χ4n) is 3.06. The van der Waals surface area contributed by atoms with E-state index in [0.29, 0.717) is 5.78 Å². The number of Topliss-reactive ketones (excluding diaryl/α,β-unsaturated/α-hetero) is 1. The third-order valence-electron chi connectivity index (χ3n) is 4.11. The summed E-state index contributed by atoms with van der Waals surface area (Å²) in [5.74, 6) is 0.571. The Labute approximate surface area is 122 Å². The van der Waals surface area contributed by atoms with Crippen molar-refractivity contribution in [2.75, 3.05) is 0 Å². The summed E-state index contributed by atoms with van der Waals surface area (Å²) in [5.41, 5.74) is 0.894. The molecule has 0 saturated heterocycles. The maximum Gasteiger partial charge on any atom is 0.166 e. The van der Waals surface area contributed by atoms with Crippen molar-refractivity contribution >= 4 is 32.5 Å².